The van der Waals surface area contributed by atoms with E-state index in [2.05, 4.69) is 17.4 Å². The zero-order valence-electron chi connectivity index (χ0n) is 18.8. The van der Waals surface area contributed by atoms with Crippen LogP contribution in [0.5, 0.6) is 0 Å². The molecule has 0 saturated heterocycles. The molecule has 164 valence electrons. The van der Waals surface area contributed by atoms with Crippen LogP contribution in [0, 0.1) is 34.6 Å². The lowest BCUT2D eigenvalue weighted by atomic mass is 10.1. The first-order chi connectivity index (χ1) is 15.2. The summed E-state index contributed by atoms with van der Waals surface area (Å²) in [6.07, 6.45) is 0. The Morgan fingerprint density at radius 2 is 1.72 bits per heavy atom. The van der Waals surface area contributed by atoms with Gasteiger partial charge >= 0.3 is 0 Å². The summed E-state index contributed by atoms with van der Waals surface area (Å²) in [6, 6.07) is 12.0. The quantitative estimate of drug-likeness (QED) is 0.304. The van der Waals surface area contributed by atoms with Crippen molar-refractivity contribution in [3.05, 3.63) is 79.9 Å². The number of carbonyl (C=O) groups excluding carboxylic acids is 1. The number of thiophene rings is 1. The van der Waals surface area contributed by atoms with E-state index in [1.54, 1.807) is 4.57 Å². The van der Waals surface area contributed by atoms with Gasteiger partial charge in [-0.05, 0) is 74.4 Å². The third-order valence-electron chi connectivity index (χ3n) is 5.33. The molecule has 0 unspecified atom stereocenters. The third kappa shape index (κ3) is 4.36. The normalized spacial score (nSPS) is 11.2. The van der Waals surface area contributed by atoms with Crippen molar-refractivity contribution in [1.29, 1.82) is 0 Å². The number of fused-ring (bicyclic) bond motifs is 1. The Bertz CT molecular complexity index is 1380. The van der Waals surface area contributed by atoms with Gasteiger partial charge in [0.15, 0.2) is 5.16 Å². The highest BCUT2D eigenvalue weighted by Gasteiger charge is 2.17. The van der Waals surface area contributed by atoms with Crippen molar-refractivity contribution in [3.8, 4) is 5.69 Å². The van der Waals surface area contributed by atoms with E-state index in [0.29, 0.717) is 15.4 Å². The smallest absolute Gasteiger partial charge is 0.276 e. The molecule has 0 fully saturated rings. The molecule has 2 heterocycles. The Labute approximate surface area is 195 Å². The minimum atomic E-state index is -0.128. The van der Waals surface area contributed by atoms with Crippen molar-refractivity contribution in [1.82, 2.24) is 9.55 Å². The lowest BCUT2D eigenvalue weighted by Gasteiger charge is -2.16. The first-order valence-electron chi connectivity index (χ1n) is 10.3. The molecule has 2 aromatic heterocycles. The van der Waals surface area contributed by atoms with Crippen LogP contribution in [-0.2, 0) is 4.79 Å². The van der Waals surface area contributed by atoms with Gasteiger partial charge in [-0.3, -0.25) is 14.2 Å². The van der Waals surface area contributed by atoms with Crippen molar-refractivity contribution in [3.63, 3.8) is 0 Å². The molecule has 0 aliphatic carbocycles. The van der Waals surface area contributed by atoms with Gasteiger partial charge in [-0.15, -0.1) is 11.3 Å². The maximum atomic E-state index is 13.4. The summed E-state index contributed by atoms with van der Waals surface area (Å²) >= 11 is 2.66. The number of hydrogen-bond acceptors (Lipinski definition) is 5. The highest BCUT2D eigenvalue weighted by molar-refractivity contribution is 7.99. The summed E-state index contributed by atoms with van der Waals surface area (Å²) in [4.78, 5) is 30.9. The molecule has 5 nitrogen and oxygen atoms in total. The van der Waals surface area contributed by atoms with Crippen molar-refractivity contribution in [2.45, 2.75) is 39.8 Å². The molecule has 0 saturated carbocycles. The van der Waals surface area contributed by atoms with E-state index in [1.165, 1.54) is 23.1 Å². The number of anilines is 1. The van der Waals surface area contributed by atoms with Crippen molar-refractivity contribution < 1.29 is 4.79 Å². The van der Waals surface area contributed by atoms with E-state index in [1.807, 2.05) is 64.3 Å². The van der Waals surface area contributed by atoms with Crippen LogP contribution in [0.15, 0.2) is 51.7 Å². The zero-order valence-corrected chi connectivity index (χ0v) is 20.4. The number of nitrogens with zero attached hydrogens (tertiary/aromatic N) is 2. The van der Waals surface area contributed by atoms with Gasteiger partial charge in [0.05, 0.1) is 17.0 Å². The van der Waals surface area contributed by atoms with E-state index in [-0.39, 0.29) is 17.2 Å². The fraction of sp³-hybridized carbons (Fsp3) is 0.240. The minimum Gasteiger partial charge on any atom is -0.325 e. The van der Waals surface area contributed by atoms with Gasteiger partial charge in [-0.2, -0.15) is 0 Å². The van der Waals surface area contributed by atoms with Gasteiger partial charge in [-0.25, -0.2) is 4.98 Å². The second kappa shape index (κ2) is 8.92. The van der Waals surface area contributed by atoms with Crippen LogP contribution < -0.4 is 10.9 Å². The predicted octanol–water partition coefficient (Wildman–Crippen LogP) is 5.72. The number of benzene rings is 2. The van der Waals surface area contributed by atoms with Crippen LogP contribution in [0.4, 0.5) is 5.69 Å². The van der Waals surface area contributed by atoms with Gasteiger partial charge in [0.1, 0.15) is 4.70 Å². The molecule has 2 aromatic carbocycles. The fourth-order valence-electron chi connectivity index (χ4n) is 3.84. The van der Waals surface area contributed by atoms with Crippen LogP contribution in [0.1, 0.15) is 27.8 Å². The molecule has 32 heavy (non-hydrogen) atoms. The van der Waals surface area contributed by atoms with Crippen LogP contribution in [0.3, 0.4) is 0 Å². The Kier molecular flexibility index (Phi) is 6.22. The molecule has 7 heteroatoms. The second-order valence-electron chi connectivity index (χ2n) is 8.07. The summed E-state index contributed by atoms with van der Waals surface area (Å²) in [5.74, 6) is 0.0249. The standard InChI is InChI=1S/C25H25N3O2S2/c1-14-6-7-16(3)20(12-14)28-24(30)23-19(8-9-31-23)26-25(28)32-13-21(29)27-22-17(4)10-15(2)11-18(22)5/h6-12H,13H2,1-5H3,(H,27,29). The average molecular weight is 464 g/mol. The van der Waals surface area contributed by atoms with Gasteiger partial charge in [0.2, 0.25) is 5.91 Å². The Morgan fingerprint density at radius 3 is 2.44 bits per heavy atom. The molecule has 1 amide bonds. The predicted molar refractivity (Wildman–Crippen MR) is 135 cm³/mol. The number of hydrogen-bond donors (Lipinski definition) is 1. The van der Waals surface area contributed by atoms with Gasteiger partial charge in [0, 0.05) is 5.69 Å². The summed E-state index contributed by atoms with van der Waals surface area (Å²) < 4.78 is 2.26. The molecule has 1 N–H and O–H groups in total. The topological polar surface area (TPSA) is 64.0 Å². The van der Waals surface area contributed by atoms with Crippen LogP contribution >= 0.6 is 23.1 Å². The van der Waals surface area contributed by atoms with Gasteiger partial charge < -0.3 is 5.32 Å². The zero-order chi connectivity index (χ0) is 23.0. The van der Waals surface area contributed by atoms with Crippen LogP contribution in [0.2, 0.25) is 0 Å². The Morgan fingerprint density at radius 1 is 1.00 bits per heavy atom. The summed E-state index contributed by atoms with van der Waals surface area (Å²) in [5.41, 5.74) is 7.47. The lowest BCUT2D eigenvalue weighted by Crippen LogP contribution is -2.23. The SMILES string of the molecule is Cc1cc(C)c(NC(=O)CSc2nc3ccsc3c(=O)n2-c2cc(C)ccc2C)c(C)c1. The largest absolute Gasteiger partial charge is 0.325 e. The molecule has 4 rings (SSSR count). The summed E-state index contributed by atoms with van der Waals surface area (Å²) in [7, 11) is 0. The first-order valence-corrected chi connectivity index (χ1v) is 12.2. The highest BCUT2D eigenvalue weighted by Crippen LogP contribution is 2.27. The molecule has 0 aliphatic rings. The van der Waals surface area contributed by atoms with E-state index in [9.17, 15) is 9.59 Å². The number of thioether (sulfide) groups is 1. The third-order valence-corrected chi connectivity index (χ3v) is 7.16. The van der Waals surface area contributed by atoms with Gasteiger partial charge in [0.25, 0.3) is 5.56 Å². The van der Waals surface area contributed by atoms with Crippen molar-refractivity contribution in [2.75, 3.05) is 11.1 Å². The molecule has 0 spiro atoms. The maximum Gasteiger partial charge on any atom is 0.276 e. The molecule has 0 aliphatic heterocycles. The van der Waals surface area contributed by atoms with Crippen molar-refractivity contribution in [2.24, 2.45) is 0 Å². The lowest BCUT2D eigenvalue weighted by molar-refractivity contribution is -0.113. The first kappa shape index (κ1) is 22.3. The molecule has 0 atom stereocenters. The number of nitrogens with one attached hydrogen (secondary N) is 1. The average Bonchev–Trinajstić information content (AvgIpc) is 3.20. The summed E-state index contributed by atoms with van der Waals surface area (Å²) in [6.45, 7) is 10.0. The van der Waals surface area contributed by atoms with E-state index >= 15 is 0 Å². The van der Waals surface area contributed by atoms with E-state index in [0.717, 1.165) is 39.2 Å². The summed E-state index contributed by atoms with van der Waals surface area (Å²) in [5, 5.41) is 5.42. The number of aromatic nitrogens is 2. The molecule has 0 bridgehead atoms. The van der Waals surface area contributed by atoms with E-state index in [4.69, 9.17) is 4.98 Å². The fourth-order valence-corrected chi connectivity index (χ4v) is 5.41. The van der Waals surface area contributed by atoms with Crippen molar-refractivity contribution >= 4 is 44.9 Å². The monoisotopic (exact) mass is 463 g/mol. The van der Waals surface area contributed by atoms with Crippen LogP contribution in [-0.4, -0.2) is 21.2 Å². The Hall–Kier alpha value is -2.90. The van der Waals surface area contributed by atoms with Gasteiger partial charge in [-0.1, -0.05) is 41.6 Å². The molecule has 0 radical (unpaired) electrons. The molecular formula is C25H25N3O2S2. The number of amides is 1. The van der Waals surface area contributed by atoms with Crippen LogP contribution in [0.25, 0.3) is 15.9 Å². The minimum absolute atomic E-state index is 0.105. The molecular weight excluding hydrogens is 438 g/mol. The number of aryl methyl sites for hydroxylation is 5. The number of carbonyl (C=O) groups is 1. The second-order valence-corrected chi connectivity index (χ2v) is 9.93. The molecule has 4 aromatic rings. The maximum absolute atomic E-state index is 13.4. The number of rotatable bonds is 5. The highest BCUT2D eigenvalue weighted by atomic mass is 32.2. The Balaban J connectivity index is 1.68. The van der Waals surface area contributed by atoms with E-state index < -0.39 is 0 Å².